The fourth-order valence-electron chi connectivity index (χ4n) is 16.4. The zero-order valence-corrected chi connectivity index (χ0v) is 39.8. The molecule has 0 radical (unpaired) electrons. The Morgan fingerprint density at radius 3 is 1.31 bits per heavy atom. The number of fused-ring (bicyclic) bond motifs is 15. The van der Waals surface area contributed by atoms with E-state index in [2.05, 4.69) is 146 Å². The zero-order chi connectivity index (χ0) is 45.7. The first-order valence-corrected chi connectivity index (χ1v) is 26.3. The van der Waals surface area contributed by atoms with Crippen LogP contribution in [0.5, 0.6) is 11.5 Å². The van der Waals surface area contributed by atoms with E-state index >= 15 is 0 Å². The lowest BCUT2D eigenvalue weighted by Crippen LogP contribution is -2.09. The van der Waals surface area contributed by atoms with Crippen LogP contribution in [-0.4, -0.2) is 14.2 Å². The number of hydrogen-bond donors (Lipinski definition) is 0. The summed E-state index contributed by atoms with van der Waals surface area (Å²) >= 11 is 0. The van der Waals surface area contributed by atoms with Gasteiger partial charge < -0.3 is 9.47 Å². The van der Waals surface area contributed by atoms with Gasteiger partial charge in [-0.3, -0.25) is 0 Å². The first kappa shape index (κ1) is 38.7. The Labute approximate surface area is 407 Å². The normalized spacial score (nSPS) is 22.3. The number of rotatable bonds is 6. The van der Waals surface area contributed by atoms with Gasteiger partial charge in [-0.25, -0.2) is 0 Å². The van der Waals surface area contributed by atoms with E-state index in [0.29, 0.717) is 11.8 Å². The molecule has 2 nitrogen and oxygen atoms in total. The molecule has 4 bridgehead atoms. The summed E-state index contributed by atoms with van der Waals surface area (Å²) in [6.45, 7) is 0. The van der Waals surface area contributed by atoms with Crippen molar-refractivity contribution in [3.05, 3.63) is 157 Å². The Kier molecular flexibility index (Phi) is 7.62. The number of hydrogen-bond acceptors (Lipinski definition) is 2. The second-order valence-electron chi connectivity index (χ2n) is 22.5. The van der Waals surface area contributed by atoms with Crippen LogP contribution in [0.15, 0.2) is 146 Å². The van der Waals surface area contributed by atoms with E-state index in [9.17, 15) is 0 Å². The SMILES string of the molecule is COc1cccc(-c2c3cc4c(cc3c(-c3cccc(OC)c3)c3c5ccc6c7c(ccc(c23)c75)-c2cc3ccccc3cc2-6)c2cc(C3CC5CCC3C5)cc3cc(C5CC6CCC5C6)cc4c32)c1. The molecule has 2 heteroatoms. The van der Waals surface area contributed by atoms with Gasteiger partial charge in [-0.15, -0.1) is 0 Å². The third-order valence-corrected chi connectivity index (χ3v) is 19.3. The summed E-state index contributed by atoms with van der Waals surface area (Å²) < 4.78 is 12.1. The lowest BCUT2D eigenvalue weighted by Gasteiger charge is -2.24. The Morgan fingerprint density at radius 1 is 0.343 bits per heavy atom. The molecule has 70 heavy (non-hydrogen) atoms. The van der Waals surface area contributed by atoms with Crippen molar-refractivity contribution in [2.75, 3.05) is 14.2 Å². The molecule has 5 aliphatic carbocycles. The first-order chi connectivity index (χ1) is 34.5. The van der Waals surface area contributed by atoms with Crippen LogP contribution in [-0.2, 0) is 0 Å². The molecule has 0 spiro atoms. The quantitative estimate of drug-likeness (QED) is 0.166. The predicted octanol–water partition coefficient (Wildman–Crippen LogP) is 18.6. The fraction of sp³-hybridized carbons (Fsp3) is 0.235. The summed E-state index contributed by atoms with van der Waals surface area (Å²) in [7, 11) is 3.60. The summed E-state index contributed by atoms with van der Waals surface area (Å²) in [5.74, 6) is 6.50. The lowest BCUT2D eigenvalue weighted by atomic mass is 9.80. The van der Waals surface area contributed by atoms with Crippen LogP contribution in [0.25, 0.3) is 131 Å². The average Bonchev–Trinajstić information content (AvgIpc) is 4.31. The molecule has 12 aromatic rings. The minimum absolute atomic E-state index is 0.662. The molecule has 336 valence electrons. The van der Waals surface area contributed by atoms with Gasteiger partial charge in [0.25, 0.3) is 0 Å². The van der Waals surface area contributed by atoms with Gasteiger partial charge in [-0.2, -0.15) is 0 Å². The van der Waals surface area contributed by atoms with Gasteiger partial charge in [0.1, 0.15) is 11.5 Å². The van der Waals surface area contributed by atoms with Crippen molar-refractivity contribution in [1.82, 2.24) is 0 Å². The monoisotopic (exact) mass is 900 g/mol. The summed E-state index contributed by atoms with van der Waals surface area (Å²) in [5, 5.41) is 21.7. The second-order valence-corrected chi connectivity index (χ2v) is 22.5. The van der Waals surface area contributed by atoms with E-state index in [-0.39, 0.29) is 0 Å². The van der Waals surface area contributed by atoms with Crippen molar-refractivity contribution in [2.45, 2.75) is 63.2 Å². The van der Waals surface area contributed by atoms with Crippen molar-refractivity contribution < 1.29 is 9.47 Å². The molecule has 0 saturated heterocycles. The van der Waals surface area contributed by atoms with Crippen molar-refractivity contribution in [3.63, 3.8) is 0 Å². The predicted molar refractivity (Wildman–Crippen MR) is 294 cm³/mol. The molecule has 0 aliphatic heterocycles. The van der Waals surface area contributed by atoms with Crippen LogP contribution in [0.1, 0.15) is 74.3 Å². The topological polar surface area (TPSA) is 18.5 Å². The van der Waals surface area contributed by atoms with E-state index in [4.69, 9.17) is 9.47 Å². The third-order valence-electron chi connectivity index (χ3n) is 19.3. The van der Waals surface area contributed by atoms with Crippen LogP contribution in [0.3, 0.4) is 0 Å². The van der Waals surface area contributed by atoms with Crippen LogP contribution < -0.4 is 9.47 Å². The molecule has 0 heterocycles. The molecule has 6 unspecified atom stereocenters. The van der Waals surface area contributed by atoms with Gasteiger partial charge in [0.2, 0.25) is 0 Å². The average molecular weight is 901 g/mol. The highest BCUT2D eigenvalue weighted by atomic mass is 16.5. The molecule has 0 N–H and O–H groups in total. The fourth-order valence-corrected chi connectivity index (χ4v) is 16.4. The van der Waals surface area contributed by atoms with E-state index in [0.717, 1.165) is 35.2 Å². The van der Waals surface area contributed by atoms with Crippen molar-refractivity contribution >= 4 is 86.2 Å². The van der Waals surface area contributed by atoms with Crippen LogP contribution >= 0.6 is 0 Å². The molecule has 0 aromatic heterocycles. The Bertz CT molecular complexity index is 4010. The molecule has 17 rings (SSSR count). The van der Waals surface area contributed by atoms with Crippen molar-refractivity contribution in [2.24, 2.45) is 23.7 Å². The Balaban J connectivity index is 1.05. The molecule has 12 aromatic carbocycles. The molecule has 4 saturated carbocycles. The van der Waals surface area contributed by atoms with E-state index in [1.165, 1.54) is 182 Å². The summed E-state index contributed by atoms with van der Waals surface area (Å²) in [6, 6.07) is 57.1. The van der Waals surface area contributed by atoms with E-state index < -0.39 is 0 Å². The minimum Gasteiger partial charge on any atom is -0.497 e. The maximum Gasteiger partial charge on any atom is 0.119 e. The van der Waals surface area contributed by atoms with Crippen LogP contribution in [0, 0.1) is 23.7 Å². The van der Waals surface area contributed by atoms with Gasteiger partial charge in [-0.1, -0.05) is 110 Å². The zero-order valence-electron chi connectivity index (χ0n) is 39.8. The number of ether oxygens (including phenoxy) is 2. The Hall–Kier alpha value is -7.16. The largest absolute Gasteiger partial charge is 0.497 e. The van der Waals surface area contributed by atoms with Gasteiger partial charge >= 0.3 is 0 Å². The lowest BCUT2D eigenvalue weighted by molar-refractivity contribution is 0.415. The molecule has 0 amide bonds. The Morgan fingerprint density at radius 2 is 0.857 bits per heavy atom. The molecular weight excluding hydrogens is 849 g/mol. The summed E-state index contributed by atoms with van der Waals surface area (Å²) in [4.78, 5) is 0. The van der Waals surface area contributed by atoms with Crippen molar-refractivity contribution in [1.29, 1.82) is 0 Å². The summed E-state index contributed by atoms with van der Waals surface area (Å²) in [5.41, 5.74) is 13.4. The second kappa shape index (κ2) is 13.8. The maximum atomic E-state index is 6.05. The van der Waals surface area contributed by atoms with E-state index in [1.54, 1.807) is 25.3 Å². The van der Waals surface area contributed by atoms with E-state index in [1.807, 2.05) is 0 Å². The molecular formula is C68H52O2. The summed E-state index contributed by atoms with van der Waals surface area (Å²) in [6.07, 6.45) is 11.2. The maximum absolute atomic E-state index is 6.05. The highest BCUT2D eigenvalue weighted by Crippen LogP contribution is 2.60. The van der Waals surface area contributed by atoms with Gasteiger partial charge in [0, 0.05) is 0 Å². The number of methoxy groups -OCH3 is 2. The highest BCUT2D eigenvalue weighted by Gasteiger charge is 2.42. The van der Waals surface area contributed by atoms with Gasteiger partial charge in [-0.05, 0) is 264 Å². The smallest absolute Gasteiger partial charge is 0.119 e. The minimum atomic E-state index is 0.662. The van der Waals surface area contributed by atoms with Crippen molar-refractivity contribution in [3.8, 4) is 56.0 Å². The molecule has 6 atom stereocenters. The standard InChI is InChI=1S/C68H52O2/c1-69-46-11-5-9-41(27-46)63-60-33-56-57(59-32-44(53-24-36-14-16-40(53)22-36)26-45-25-43(31-58(56)62(45)59)52-23-35-13-15-39(52)21-35)34-61(60)64(42-10-6-12-47(28-42)70-2)68-51-20-18-49-55-30-38-8-4-3-7-37(38)29-54(55)48-17-19-50(67(63)68)66(51)65(48)49/h3-12,17-20,25-36,39-40,52-53H,13-16,21-24H2,1-2H3. The molecule has 5 aliphatic rings. The highest BCUT2D eigenvalue weighted by molar-refractivity contribution is 6.44. The molecule has 4 fully saturated rings. The van der Waals surface area contributed by atoms with Crippen LogP contribution in [0.4, 0.5) is 0 Å². The third kappa shape index (κ3) is 5.04. The van der Waals surface area contributed by atoms with Gasteiger partial charge in [0.05, 0.1) is 14.2 Å². The van der Waals surface area contributed by atoms with Crippen LogP contribution in [0.2, 0.25) is 0 Å². The number of benzene rings is 10. The first-order valence-electron chi connectivity index (χ1n) is 26.3. The van der Waals surface area contributed by atoms with Gasteiger partial charge in [0.15, 0.2) is 0 Å².